The largest absolute Gasteiger partial charge is 0.490 e. The monoisotopic (exact) mass is 636 g/mol. The van der Waals surface area contributed by atoms with Gasteiger partial charge in [0.05, 0.1) is 23.9 Å². The van der Waals surface area contributed by atoms with Gasteiger partial charge >= 0.3 is 0 Å². The van der Waals surface area contributed by atoms with Crippen molar-refractivity contribution >= 4 is 22.7 Å². The summed E-state index contributed by atoms with van der Waals surface area (Å²) in [4.78, 5) is 31.1. The zero-order valence-electron chi connectivity index (χ0n) is 28.2. The number of likely N-dealkylation sites (tertiary alicyclic amines) is 1. The highest BCUT2D eigenvalue weighted by Crippen LogP contribution is 2.39. The van der Waals surface area contributed by atoms with Crippen LogP contribution in [0, 0.1) is 18.8 Å². The maximum absolute atomic E-state index is 14.3. The van der Waals surface area contributed by atoms with Gasteiger partial charge in [-0.15, -0.1) is 0 Å². The van der Waals surface area contributed by atoms with Gasteiger partial charge in [-0.3, -0.25) is 14.3 Å². The second-order valence-corrected chi connectivity index (χ2v) is 14.3. The SMILES string of the molecule is Cc1cc(C2CCC(C(C)C)CC2)cnc1-c1cc2cnc(Nc3ccc(OC4CCN(C)CC4)cc3)nc2n(C2CCOC2)c1=O. The molecule has 3 aliphatic rings. The Morgan fingerprint density at radius 2 is 1.72 bits per heavy atom. The van der Waals surface area contributed by atoms with Crippen LogP contribution in [0.4, 0.5) is 11.6 Å². The molecule has 0 amide bonds. The van der Waals surface area contributed by atoms with Crippen molar-refractivity contribution in [3.63, 3.8) is 0 Å². The zero-order chi connectivity index (χ0) is 32.5. The molecule has 9 heteroatoms. The normalized spacial score (nSPS) is 22.6. The third kappa shape index (κ3) is 6.92. The molecule has 1 aliphatic carbocycles. The number of ether oxygens (including phenoxy) is 2. The minimum Gasteiger partial charge on any atom is -0.490 e. The van der Waals surface area contributed by atoms with Crippen molar-refractivity contribution in [3.8, 4) is 17.0 Å². The topological polar surface area (TPSA) is 94.4 Å². The molecule has 1 N–H and O–H groups in total. The van der Waals surface area contributed by atoms with Gasteiger partial charge in [-0.2, -0.15) is 4.98 Å². The number of fused-ring (bicyclic) bond motifs is 1. The molecular weight excluding hydrogens is 588 g/mol. The van der Waals surface area contributed by atoms with E-state index in [2.05, 4.69) is 49.1 Å². The van der Waals surface area contributed by atoms with E-state index >= 15 is 0 Å². The van der Waals surface area contributed by atoms with E-state index in [1.165, 1.54) is 31.2 Å². The van der Waals surface area contributed by atoms with Gasteiger partial charge in [0.1, 0.15) is 17.5 Å². The van der Waals surface area contributed by atoms with Crippen LogP contribution in [0.25, 0.3) is 22.3 Å². The summed E-state index contributed by atoms with van der Waals surface area (Å²) < 4.78 is 13.8. The summed E-state index contributed by atoms with van der Waals surface area (Å²) in [5.74, 6) is 3.41. The quantitative estimate of drug-likeness (QED) is 0.216. The van der Waals surface area contributed by atoms with Gasteiger partial charge < -0.3 is 19.7 Å². The molecule has 2 aliphatic heterocycles. The maximum atomic E-state index is 14.3. The van der Waals surface area contributed by atoms with E-state index in [-0.39, 0.29) is 17.7 Å². The number of aryl methyl sites for hydroxylation is 1. The molecule has 1 saturated carbocycles. The number of piperidine rings is 1. The fourth-order valence-corrected chi connectivity index (χ4v) is 7.68. The number of pyridine rings is 2. The van der Waals surface area contributed by atoms with Crippen LogP contribution in [-0.4, -0.2) is 63.9 Å². The first-order valence-electron chi connectivity index (χ1n) is 17.5. The van der Waals surface area contributed by atoms with Crippen LogP contribution < -0.4 is 15.6 Å². The Hall–Kier alpha value is -3.82. The molecule has 3 fully saturated rings. The van der Waals surface area contributed by atoms with Gasteiger partial charge in [0.15, 0.2) is 0 Å². The zero-order valence-corrected chi connectivity index (χ0v) is 28.2. The molecule has 2 saturated heterocycles. The summed E-state index contributed by atoms with van der Waals surface area (Å²) >= 11 is 0. The second-order valence-electron chi connectivity index (χ2n) is 14.3. The summed E-state index contributed by atoms with van der Waals surface area (Å²) in [6, 6.07) is 12.0. The molecule has 248 valence electrons. The highest BCUT2D eigenvalue weighted by Gasteiger charge is 2.27. The molecule has 1 unspecified atom stereocenters. The third-order valence-electron chi connectivity index (χ3n) is 10.7. The number of benzene rings is 1. The first-order valence-corrected chi connectivity index (χ1v) is 17.5. The highest BCUT2D eigenvalue weighted by atomic mass is 16.5. The number of hydrogen-bond donors (Lipinski definition) is 1. The first kappa shape index (κ1) is 31.8. The Balaban J connectivity index is 1.14. The van der Waals surface area contributed by atoms with Gasteiger partial charge in [0.2, 0.25) is 5.95 Å². The predicted molar refractivity (Wildman–Crippen MR) is 187 cm³/mol. The van der Waals surface area contributed by atoms with Crippen molar-refractivity contribution in [1.29, 1.82) is 0 Å². The lowest BCUT2D eigenvalue weighted by Gasteiger charge is -2.31. The van der Waals surface area contributed by atoms with Crippen molar-refractivity contribution in [2.24, 2.45) is 11.8 Å². The molecule has 0 radical (unpaired) electrons. The van der Waals surface area contributed by atoms with Crippen LogP contribution in [-0.2, 0) is 4.74 Å². The Bertz CT molecular complexity index is 1750. The summed E-state index contributed by atoms with van der Waals surface area (Å²) in [6.45, 7) is 9.98. The number of aromatic nitrogens is 4. The number of rotatable bonds is 8. The van der Waals surface area contributed by atoms with Crippen molar-refractivity contribution in [1.82, 2.24) is 24.4 Å². The molecule has 0 bridgehead atoms. The fourth-order valence-electron chi connectivity index (χ4n) is 7.68. The van der Waals surface area contributed by atoms with Crippen molar-refractivity contribution < 1.29 is 9.47 Å². The third-order valence-corrected chi connectivity index (χ3v) is 10.7. The predicted octanol–water partition coefficient (Wildman–Crippen LogP) is 7.27. The molecule has 1 aromatic carbocycles. The number of nitrogens with zero attached hydrogens (tertiary/aromatic N) is 5. The minimum atomic E-state index is -0.0978. The van der Waals surface area contributed by atoms with Gasteiger partial charge in [-0.1, -0.05) is 19.9 Å². The second kappa shape index (κ2) is 13.7. The Morgan fingerprint density at radius 1 is 0.957 bits per heavy atom. The van der Waals surface area contributed by atoms with Crippen molar-refractivity contribution in [2.75, 3.05) is 38.7 Å². The number of anilines is 2. The maximum Gasteiger partial charge on any atom is 0.262 e. The summed E-state index contributed by atoms with van der Waals surface area (Å²) in [5.41, 5.74) is 5.00. The van der Waals surface area contributed by atoms with Crippen LogP contribution in [0.3, 0.4) is 0 Å². The molecule has 3 aromatic heterocycles. The standard InChI is InChI=1S/C38H48N6O3/c1-24(2)26-5-7-27(8-6-26)28-19-25(3)35(39-21-28)34-20-29-22-40-38(42-36(29)44(37(34)45)31-15-18-46-23-31)41-30-9-11-32(12-10-30)47-33-13-16-43(4)17-14-33/h9-12,19-22,24,26-27,31,33H,5-8,13-18,23H2,1-4H3,(H,40,41,42). The molecule has 0 spiro atoms. The lowest BCUT2D eigenvalue weighted by Crippen LogP contribution is -2.35. The Labute approximate surface area is 277 Å². The minimum absolute atomic E-state index is 0.0890. The molecule has 4 aromatic rings. The Morgan fingerprint density at radius 3 is 2.40 bits per heavy atom. The van der Waals surface area contributed by atoms with E-state index in [0.29, 0.717) is 36.3 Å². The molecule has 47 heavy (non-hydrogen) atoms. The van der Waals surface area contributed by atoms with Crippen LogP contribution in [0.1, 0.15) is 81.9 Å². The van der Waals surface area contributed by atoms with E-state index in [1.54, 1.807) is 6.20 Å². The molecule has 7 rings (SSSR count). The molecular formula is C38H48N6O3. The van der Waals surface area contributed by atoms with Gasteiger partial charge in [-0.25, -0.2) is 4.98 Å². The van der Waals surface area contributed by atoms with Crippen molar-refractivity contribution in [3.05, 3.63) is 70.3 Å². The lowest BCUT2D eigenvalue weighted by molar-refractivity contribution is 0.114. The molecule has 5 heterocycles. The van der Waals surface area contributed by atoms with Gasteiger partial charge in [-0.05, 0) is 118 Å². The van der Waals surface area contributed by atoms with Crippen LogP contribution in [0.5, 0.6) is 5.75 Å². The summed E-state index contributed by atoms with van der Waals surface area (Å²) in [5, 5.41) is 4.13. The van der Waals surface area contributed by atoms with Gasteiger partial charge in [0, 0.05) is 43.2 Å². The average molecular weight is 637 g/mol. The van der Waals surface area contributed by atoms with E-state index in [0.717, 1.165) is 72.3 Å². The Kier molecular flexibility index (Phi) is 9.28. The van der Waals surface area contributed by atoms with E-state index in [1.807, 2.05) is 41.1 Å². The molecule has 9 nitrogen and oxygen atoms in total. The average Bonchev–Trinajstić information content (AvgIpc) is 3.61. The summed E-state index contributed by atoms with van der Waals surface area (Å²) in [7, 11) is 2.15. The van der Waals surface area contributed by atoms with Gasteiger partial charge in [0.25, 0.3) is 5.56 Å². The lowest BCUT2D eigenvalue weighted by atomic mass is 9.75. The van der Waals surface area contributed by atoms with E-state index in [9.17, 15) is 4.79 Å². The number of nitrogens with one attached hydrogen (secondary N) is 1. The molecule has 1 atom stereocenters. The van der Waals surface area contributed by atoms with Crippen LogP contribution in [0.2, 0.25) is 0 Å². The van der Waals surface area contributed by atoms with E-state index < -0.39 is 0 Å². The smallest absolute Gasteiger partial charge is 0.262 e. The van der Waals surface area contributed by atoms with Crippen molar-refractivity contribution in [2.45, 2.75) is 83.8 Å². The first-order chi connectivity index (χ1) is 22.8. The fraction of sp³-hybridized carbons (Fsp3) is 0.526. The van der Waals surface area contributed by atoms with Crippen LogP contribution >= 0.6 is 0 Å². The summed E-state index contributed by atoms with van der Waals surface area (Å²) in [6.07, 6.45) is 11.9. The van der Waals surface area contributed by atoms with E-state index in [4.69, 9.17) is 19.4 Å². The highest BCUT2D eigenvalue weighted by molar-refractivity contribution is 5.82. The van der Waals surface area contributed by atoms with Crippen LogP contribution in [0.15, 0.2) is 53.6 Å². The number of hydrogen-bond acceptors (Lipinski definition) is 8.